The lowest BCUT2D eigenvalue weighted by Gasteiger charge is -2.22. The highest BCUT2D eigenvalue weighted by atomic mass is 32.1. The van der Waals surface area contributed by atoms with E-state index in [1.165, 1.54) is 11.3 Å². The minimum atomic E-state index is -0.381. The van der Waals surface area contributed by atoms with Crippen molar-refractivity contribution in [3.8, 4) is 6.07 Å². The van der Waals surface area contributed by atoms with Crippen LogP contribution in [0.25, 0.3) is 0 Å². The van der Waals surface area contributed by atoms with Gasteiger partial charge in [0.25, 0.3) is 0 Å². The zero-order valence-electron chi connectivity index (χ0n) is 16.5. The summed E-state index contributed by atoms with van der Waals surface area (Å²) in [4.78, 5) is 23.4. The summed E-state index contributed by atoms with van der Waals surface area (Å²) < 4.78 is 5.11. The predicted molar refractivity (Wildman–Crippen MR) is 111 cm³/mol. The number of likely N-dealkylation sites (tertiary alicyclic amines) is 1. The van der Waals surface area contributed by atoms with Crippen LogP contribution in [-0.2, 0) is 11.3 Å². The lowest BCUT2D eigenvalue weighted by atomic mass is 10.1. The largest absolute Gasteiger partial charge is 0.461 e. The van der Waals surface area contributed by atoms with Crippen LogP contribution in [0, 0.1) is 11.3 Å². The molecular formula is C20H21N7O2S. The summed E-state index contributed by atoms with van der Waals surface area (Å²) in [6, 6.07) is 5.63. The number of nitrogens with zero attached hydrogens (tertiary/aromatic N) is 5. The second-order valence-corrected chi connectivity index (χ2v) is 7.72. The zero-order chi connectivity index (χ0) is 20.9. The number of aromatic amines is 1. The van der Waals surface area contributed by atoms with Crippen LogP contribution < -0.4 is 5.32 Å². The SMILES string of the molecule is CCOC(=O)c1[nH]ncc1CN1CCCC1c1csc(Nc2cc(C#N)ccn2)n1. The summed E-state index contributed by atoms with van der Waals surface area (Å²) in [5.74, 6) is 0.212. The second kappa shape index (κ2) is 9.02. The lowest BCUT2D eigenvalue weighted by Crippen LogP contribution is -2.24. The number of ether oxygens (including phenoxy) is 1. The number of pyridine rings is 1. The summed E-state index contributed by atoms with van der Waals surface area (Å²) in [5.41, 5.74) is 2.76. The Hall–Kier alpha value is -3.29. The molecule has 0 amide bonds. The van der Waals surface area contributed by atoms with E-state index < -0.39 is 0 Å². The highest BCUT2D eigenvalue weighted by molar-refractivity contribution is 7.13. The maximum absolute atomic E-state index is 12.1. The van der Waals surface area contributed by atoms with Crippen molar-refractivity contribution in [1.82, 2.24) is 25.1 Å². The third-order valence-electron chi connectivity index (χ3n) is 4.92. The van der Waals surface area contributed by atoms with Gasteiger partial charge in [-0.05, 0) is 38.4 Å². The summed E-state index contributed by atoms with van der Waals surface area (Å²) >= 11 is 1.50. The normalized spacial score (nSPS) is 16.3. The molecule has 1 aliphatic heterocycles. The summed E-state index contributed by atoms with van der Waals surface area (Å²) in [7, 11) is 0. The van der Waals surface area contributed by atoms with Gasteiger partial charge >= 0.3 is 5.97 Å². The van der Waals surface area contributed by atoms with Gasteiger partial charge in [-0.25, -0.2) is 14.8 Å². The van der Waals surface area contributed by atoms with E-state index in [9.17, 15) is 4.79 Å². The lowest BCUT2D eigenvalue weighted by molar-refractivity contribution is 0.0516. The fraction of sp³-hybridized carbons (Fsp3) is 0.350. The van der Waals surface area contributed by atoms with E-state index in [2.05, 4.69) is 31.5 Å². The van der Waals surface area contributed by atoms with E-state index in [1.54, 1.807) is 31.5 Å². The Morgan fingerprint density at radius 2 is 2.43 bits per heavy atom. The van der Waals surface area contributed by atoms with E-state index in [0.717, 1.165) is 35.8 Å². The molecular weight excluding hydrogens is 402 g/mol. The smallest absolute Gasteiger partial charge is 0.356 e. The molecule has 1 saturated heterocycles. The molecule has 10 heteroatoms. The van der Waals surface area contributed by atoms with Crippen LogP contribution in [0.5, 0.6) is 0 Å². The monoisotopic (exact) mass is 423 g/mol. The Kier molecular flexibility index (Phi) is 6.02. The highest BCUT2D eigenvalue weighted by Crippen LogP contribution is 2.35. The minimum absolute atomic E-state index is 0.167. The van der Waals surface area contributed by atoms with Crippen molar-refractivity contribution in [3.05, 3.63) is 52.4 Å². The molecule has 0 bridgehead atoms. The van der Waals surface area contributed by atoms with Crippen molar-refractivity contribution in [2.75, 3.05) is 18.5 Å². The first-order valence-corrected chi connectivity index (χ1v) is 10.6. The first-order chi connectivity index (χ1) is 14.7. The van der Waals surface area contributed by atoms with Crippen LogP contribution in [-0.4, -0.2) is 44.2 Å². The summed E-state index contributed by atoms with van der Waals surface area (Å²) in [6.07, 6.45) is 5.34. The van der Waals surface area contributed by atoms with Crippen LogP contribution in [0.3, 0.4) is 0 Å². The van der Waals surface area contributed by atoms with Crippen molar-refractivity contribution in [3.63, 3.8) is 0 Å². The van der Waals surface area contributed by atoms with Gasteiger partial charge in [-0.1, -0.05) is 0 Å². The molecule has 3 aromatic heterocycles. The van der Waals surface area contributed by atoms with E-state index in [4.69, 9.17) is 15.0 Å². The molecule has 0 aliphatic carbocycles. The van der Waals surface area contributed by atoms with Gasteiger partial charge in [0.15, 0.2) is 5.13 Å². The van der Waals surface area contributed by atoms with Gasteiger partial charge < -0.3 is 10.1 Å². The number of esters is 1. The Morgan fingerprint density at radius 1 is 1.53 bits per heavy atom. The maximum Gasteiger partial charge on any atom is 0.356 e. The molecule has 1 unspecified atom stereocenters. The number of nitrogens with one attached hydrogen (secondary N) is 2. The van der Waals surface area contributed by atoms with Gasteiger partial charge in [-0.15, -0.1) is 11.3 Å². The zero-order valence-corrected chi connectivity index (χ0v) is 17.3. The number of hydrogen-bond donors (Lipinski definition) is 2. The van der Waals surface area contributed by atoms with Gasteiger partial charge in [-0.3, -0.25) is 10.00 Å². The Morgan fingerprint density at radius 3 is 3.27 bits per heavy atom. The number of H-pyrrole nitrogens is 1. The molecule has 1 aliphatic rings. The van der Waals surface area contributed by atoms with Crippen LogP contribution in [0.15, 0.2) is 29.9 Å². The molecule has 4 heterocycles. The molecule has 3 aromatic rings. The molecule has 1 fully saturated rings. The van der Waals surface area contributed by atoms with Gasteiger partial charge in [0.05, 0.1) is 36.2 Å². The topological polar surface area (TPSA) is 120 Å². The Balaban J connectivity index is 1.46. The van der Waals surface area contributed by atoms with Crippen molar-refractivity contribution in [1.29, 1.82) is 5.26 Å². The number of rotatable bonds is 7. The third-order valence-corrected chi connectivity index (χ3v) is 5.70. The van der Waals surface area contributed by atoms with Crippen molar-refractivity contribution < 1.29 is 9.53 Å². The standard InChI is InChI=1S/C20H21N7O2S/c1-2-29-19(28)18-14(10-23-26-18)11-27-7-3-4-16(27)15-12-30-20(24-15)25-17-8-13(9-21)5-6-22-17/h5-6,8,10,12,16H,2-4,7,11H2,1H3,(H,23,26)(H,22,24,25). The van der Waals surface area contributed by atoms with E-state index >= 15 is 0 Å². The third kappa shape index (κ3) is 4.32. The molecule has 9 nitrogen and oxygen atoms in total. The quantitative estimate of drug-likeness (QED) is 0.555. The van der Waals surface area contributed by atoms with Gasteiger partial charge in [-0.2, -0.15) is 10.4 Å². The van der Waals surface area contributed by atoms with Crippen molar-refractivity contribution in [2.24, 2.45) is 0 Å². The molecule has 0 spiro atoms. The number of carbonyl (C=O) groups is 1. The average molecular weight is 424 g/mol. The molecule has 0 radical (unpaired) electrons. The number of carbonyl (C=O) groups excluding carboxylic acids is 1. The molecule has 1 atom stereocenters. The van der Waals surface area contributed by atoms with Crippen LogP contribution in [0.1, 0.15) is 53.1 Å². The first kappa shape index (κ1) is 20.0. The van der Waals surface area contributed by atoms with Crippen molar-refractivity contribution in [2.45, 2.75) is 32.4 Å². The fourth-order valence-corrected chi connectivity index (χ4v) is 4.32. The predicted octanol–water partition coefficient (Wildman–Crippen LogP) is 3.39. The van der Waals surface area contributed by atoms with Crippen LogP contribution in [0.4, 0.5) is 10.9 Å². The van der Waals surface area contributed by atoms with Crippen molar-refractivity contribution >= 4 is 28.3 Å². The highest BCUT2D eigenvalue weighted by Gasteiger charge is 2.29. The van der Waals surface area contributed by atoms with E-state index in [1.807, 2.05) is 5.38 Å². The Bertz CT molecular complexity index is 1070. The Labute approximate surface area is 177 Å². The molecule has 0 saturated carbocycles. The first-order valence-electron chi connectivity index (χ1n) is 9.70. The molecule has 4 rings (SSSR count). The van der Waals surface area contributed by atoms with Gasteiger partial charge in [0.2, 0.25) is 0 Å². The summed E-state index contributed by atoms with van der Waals surface area (Å²) in [5, 5.41) is 21.8. The van der Waals surface area contributed by atoms with E-state index in [0.29, 0.717) is 30.2 Å². The second-order valence-electron chi connectivity index (χ2n) is 6.86. The molecule has 2 N–H and O–H groups in total. The molecule has 154 valence electrons. The van der Waals surface area contributed by atoms with Crippen LogP contribution >= 0.6 is 11.3 Å². The maximum atomic E-state index is 12.1. The number of aromatic nitrogens is 4. The number of thiazole rings is 1. The molecule has 30 heavy (non-hydrogen) atoms. The number of nitriles is 1. The van der Waals surface area contributed by atoms with Gasteiger partial charge in [0.1, 0.15) is 11.5 Å². The molecule has 0 aromatic carbocycles. The summed E-state index contributed by atoms with van der Waals surface area (Å²) in [6.45, 7) is 3.63. The van der Waals surface area contributed by atoms with E-state index in [-0.39, 0.29) is 12.0 Å². The average Bonchev–Trinajstić information content (AvgIpc) is 3.50. The fourth-order valence-electron chi connectivity index (χ4n) is 3.55. The number of hydrogen-bond acceptors (Lipinski definition) is 9. The minimum Gasteiger partial charge on any atom is -0.461 e. The number of anilines is 2. The van der Waals surface area contributed by atoms with Crippen LogP contribution in [0.2, 0.25) is 0 Å². The van der Waals surface area contributed by atoms with Gasteiger partial charge in [0, 0.05) is 23.7 Å².